The molecule has 1 amide bonds. The lowest BCUT2D eigenvalue weighted by Crippen LogP contribution is -2.38. The van der Waals surface area contributed by atoms with Crippen molar-refractivity contribution in [1.29, 1.82) is 0 Å². The normalized spacial score (nSPS) is 19.2. The summed E-state index contributed by atoms with van der Waals surface area (Å²) < 4.78 is 29.4. The SMILES string of the molecule is Cc1cc(C)c(S(=O)(=O)N(Cc2ccccc2C)CC2CCC(C(=O)N[O-])CC2)c(C)c1. The Balaban J connectivity index is 1.91. The minimum absolute atomic E-state index is 0.149. The molecule has 0 aliphatic heterocycles. The smallest absolute Gasteiger partial charge is 0.243 e. The maximum atomic E-state index is 13.9. The number of benzene rings is 2. The third-order valence-electron chi connectivity index (χ3n) is 6.59. The molecule has 0 heterocycles. The highest BCUT2D eigenvalue weighted by molar-refractivity contribution is 7.89. The van der Waals surface area contributed by atoms with Crippen molar-refractivity contribution in [3.8, 4) is 0 Å². The van der Waals surface area contributed by atoms with E-state index in [0.717, 1.165) is 40.7 Å². The van der Waals surface area contributed by atoms with Crippen LogP contribution >= 0.6 is 0 Å². The van der Waals surface area contributed by atoms with E-state index in [9.17, 15) is 18.4 Å². The molecule has 0 spiro atoms. The zero-order valence-corrected chi connectivity index (χ0v) is 20.2. The summed E-state index contributed by atoms with van der Waals surface area (Å²) in [5.41, 5.74) is 6.09. The highest BCUT2D eigenvalue weighted by Crippen LogP contribution is 2.33. The lowest BCUT2D eigenvalue weighted by atomic mass is 9.81. The summed E-state index contributed by atoms with van der Waals surface area (Å²) in [4.78, 5) is 12.1. The van der Waals surface area contributed by atoms with Gasteiger partial charge in [0.2, 0.25) is 15.9 Å². The molecule has 32 heavy (non-hydrogen) atoms. The van der Waals surface area contributed by atoms with E-state index in [2.05, 4.69) is 0 Å². The summed E-state index contributed by atoms with van der Waals surface area (Å²) >= 11 is 0. The number of nitrogens with zero attached hydrogens (tertiary/aromatic N) is 1. The number of hydroxylamine groups is 1. The van der Waals surface area contributed by atoms with Gasteiger partial charge >= 0.3 is 0 Å². The Morgan fingerprint density at radius 3 is 2.16 bits per heavy atom. The third-order valence-corrected chi connectivity index (χ3v) is 8.71. The van der Waals surface area contributed by atoms with Crippen molar-refractivity contribution in [3.05, 3.63) is 69.4 Å². The van der Waals surface area contributed by atoms with Gasteiger partial charge in [-0.1, -0.05) is 42.0 Å². The van der Waals surface area contributed by atoms with Gasteiger partial charge in [-0.05, 0) is 81.5 Å². The molecule has 0 bridgehead atoms. The van der Waals surface area contributed by atoms with Crippen molar-refractivity contribution in [2.75, 3.05) is 6.54 Å². The van der Waals surface area contributed by atoms with Crippen LogP contribution in [0.3, 0.4) is 0 Å². The van der Waals surface area contributed by atoms with Crippen LogP contribution in [0.25, 0.3) is 0 Å². The van der Waals surface area contributed by atoms with Gasteiger partial charge in [-0.2, -0.15) is 4.31 Å². The third kappa shape index (κ3) is 5.39. The molecule has 0 atom stereocenters. The van der Waals surface area contributed by atoms with E-state index in [-0.39, 0.29) is 11.8 Å². The second-order valence-corrected chi connectivity index (χ2v) is 11.0. The number of carbonyl (C=O) groups excluding carboxylic acids is 1. The zero-order valence-electron chi connectivity index (χ0n) is 19.3. The monoisotopic (exact) mass is 457 g/mol. The molecule has 6 nitrogen and oxygen atoms in total. The Hall–Kier alpha value is -2.22. The number of nitrogens with one attached hydrogen (secondary N) is 1. The zero-order chi connectivity index (χ0) is 23.5. The summed E-state index contributed by atoms with van der Waals surface area (Å²) in [6.07, 6.45) is 2.67. The Morgan fingerprint density at radius 2 is 1.59 bits per heavy atom. The summed E-state index contributed by atoms with van der Waals surface area (Å²) in [6, 6.07) is 11.7. The first-order valence-corrected chi connectivity index (χ1v) is 12.6. The minimum Gasteiger partial charge on any atom is -0.759 e. The molecule has 0 saturated heterocycles. The quantitative estimate of drug-likeness (QED) is 0.619. The fraction of sp³-hybridized carbons (Fsp3) is 0.480. The molecule has 1 aliphatic carbocycles. The number of carbonyl (C=O) groups is 1. The van der Waals surface area contributed by atoms with Gasteiger partial charge in [-0.25, -0.2) is 8.42 Å². The summed E-state index contributed by atoms with van der Waals surface area (Å²) in [6.45, 7) is 8.38. The Labute approximate surface area is 191 Å². The predicted molar refractivity (Wildman–Crippen MR) is 126 cm³/mol. The average Bonchev–Trinajstić information content (AvgIpc) is 2.73. The summed E-state index contributed by atoms with van der Waals surface area (Å²) in [7, 11) is -3.72. The van der Waals surface area contributed by atoms with Crippen molar-refractivity contribution in [2.45, 2.75) is 64.8 Å². The van der Waals surface area contributed by atoms with Crippen LogP contribution in [0.4, 0.5) is 0 Å². The lowest BCUT2D eigenvalue weighted by Gasteiger charge is -2.33. The van der Waals surface area contributed by atoms with E-state index in [1.165, 1.54) is 5.48 Å². The van der Waals surface area contributed by atoms with Crippen LogP contribution in [-0.2, 0) is 21.4 Å². The molecule has 0 aromatic heterocycles. The second kappa shape index (κ2) is 10.1. The summed E-state index contributed by atoms with van der Waals surface area (Å²) in [5, 5.41) is 10.7. The molecule has 1 aliphatic rings. The molecular formula is C25H33N2O4S-. The molecule has 2 aromatic carbocycles. The van der Waals surface area contributed by atoms with Crippen LogP contribution in [-0.4, -0.2) is 25.2 Å². The van der Waals surface area contributed by atoms with Crippen LogP contribution in [0.2, 0.25) is 0 Å². The summed E-state index contributed by atoms with van der Waals surface area (Å²) in [5.74, 6) is -0.582. The molecule has 1 fully saturated rings. The molecule has 2 aromatic rings. The minimum atomic E-state index is -3.72. The van der Waals surface area contributed by atoms with Gasteiger partial charge in [-0.3, -0.25) is 4.79 Å². The number of amides is 1. The van der Waals surface area contributed by atoms with E-state index in [1.807, 2.05) is 64.1 Å². The fourth-order valence-electron chi connectivity index (χ4n) is 4.91. The lowest BCUT2D eigenvalue weighted by molar-refractivity contribution is -0.125. The van der Waals surface area contributed by atoms with Crippen molar-refractivity contribution < 1.29 is 13.2 Å². The van der Waals surface area contributed by atoms with Crippen LogP contribution in [0.15, 0.2) is 41.3 Å². The Bertz CT molecular complexity index is 1050. The molecular weight excluding hydrogens is 424 g/mol. The van der Waals surface area contributed by atoms with Crippen molar-refractivity contribution in [3.63, 3.8) is 0 Å². The Morgan fingerprint density at radius 1 is 1.00 bits per heavy atom. The van der Waals surface area contributed by atoms with E-state index < -0.39 is 15.9 Å². The second-order valence-electron chi connectivity index (χ2n) is 9.14. The predicted octanol–water partition coefficient (Wildman–Crippen LogP) is 4.53. The number of hydrogen-bond donors (Lipinski definition) is 1. The molecule has 0 radical (unpaired) electrons. The van der Waals surface area contributed by atoms with E-state index in [1.54, 1.807) is 4.31 Å². The van der Waals surface area contributed by atoms with Crippen molar-refractivity contribution in [1.82, 2.24) is 9.79 Å². The average molecular weight is 458 g/mol. The van der Waals surface area contributed by atoms with Crippen LogP contribution < -0.4 is 5.48 Å². The van der Waals surface area contributed by atoms with Gasteiger partial charge in [0.15, 0.2) is 0 Å². The number of aryl methyl sites for hydroxylation is 4. The molecule has 0 unspecified atom stereocenters. The molecule has 3 rings (SSSR count). The molecule has 7 heteroatoms. The topological polar surface area (TPSA) is 89.5 Å². The first-order chi connectivity index (χ1) is 15.1. The van der Waals surface area contributed by atoms with E-state index in [0.29, 0.717) is 30.8 Å². The van der Waals surface area contributed by atoms with E-state index in [4.69, 9.17) is 0 Å². The van der Waals surface area contributed by atoms with Crippen molar-refractivity contribution in [2.24, 2.45) is 11.8 Å². The molecule has 1 saturated carbocycles. The van der Waals surface area contributed by atoms with Crippen LogP contribution in [0.5, 0.6) is 0 Å². The molecule has 1 N–H and O–H groups in total. The van der Waals surface area contributed by atoms with Crippen LogP contribution in [0.1, 0.15) is 53.5 Å². The molecule has 174 valence electrons. The van der Waals surface area contributed by atoms with Gasteiger partial charge in [0.25, 0.3) is 0 Å². The number of hydrogen-bond acceptors (Lipinski definition) is 4. The van der Waals surface area contributed by atoms with Gasteiger partial charge in [-0.15, -0.1) is 0 Å². The fourth-order valence-corrected chi connectivity index (χ4v) is 6.81. The van der Waals surface area contributed by atoms with Gasteiger partial charge in [0.1, 0.15) is 0 Å². The number of sulfonamides is 1. The highest BCUT2D eigenvalue weighted by Gasteiger charge is 2.33. The Kier molecular flexibility index (Phi) is 7.75. The van der Waals surface area contributed by atoms with Crippen LogP contribution in [0, 0.1) is 44.7 Å². The first kappa shape index (κ1) is 24.4. The van der Waals surface area contributed by atoms with Gasteiger partial charge < -0.3 is 10.7 Å². The van der Waals surface area contributed by atoms with Crippen molar-refractivity contribution >= 4 is 15.9 Å². The van der Waals surface area contributed by atoms with E-state index >= 15 is 0 Å². The van der Waals surface area contributed by atoms with Gasteiger partial charge in [0.05, 0.1) is 4.90 Å². The maximum Gasteiger partial charge on any atom is 0.243 e. The van der Waals surface area contributed by atoms with Gasteiger partial charge in [0, 0.05) is 19.0 Å². The maximum absolute atomic E-state index is 13.9. The number of rotatable bonds is 7. The first-order valence-electron chi connectivity index (χ1n) is 11.2. The highest BCUT2D eigenvalue weighted by atomic mass is 32.2. The standard InChI is InChI=1S/C25H33N2O4S/c1-17-13-19(3)24(20(4)14-17)32(30,31)27(16-23-8-6-5-7-18(23)2)15-21-9-11-22(12-10-21)25(28)26-29/h5-8,13-14,21-22H,9-12,15-16H2,1-4H3,(H-,26,28,29)/q-1. The largest absolute Gasteiger partial charge is 0.759 e.